The molecular formula is C17H15ClN2O2S2. The highest BCUT2D eigenvalue weighted by atomic mass is 35.5. The van der Waals surface area contributed by atoms with Crippen molar-refractivity contribution in [3.8, 4) is 0 Å². The molecule has 124 valence electrons. The van der Waals surface area contributed by atoms with Crippen LogP contribution in [0.5, 0.6) is 0 Å². The van der Waals surface area contributed by atoms with Gasteiger partial charge in [-0.1, -0.05) is 18.5 Å². The van der Waals surface area contributed by atoms with E-state index < -0.39 is 0 Å². The standard InChI is InChI=1S/C17H15ClN2O2S2/c1-9-2-3-10-13(6-9)24-16-15(10)17(22)20(8-19-16)7-11(21)12-4-5-14(18)23-12/h4-5,8-9H,2-3,6-7H2,1H3/t9-/m0/s1. The fourth-order valence-corrected chi connectivity index (χ4v) is 5.49. The Hall–Kier alpha value is -1.50. The molecule has 0 N–H and O–H groups in total. The number of carbonyl (C=O) groups excluding carboxylic acids is 1. The van der Waals surface area contributed by atoms with E-state index in [1.54, 1.807) is 23.5 Å². The van der Waals surface area contributed by atoms with Gasteiger partial charge in [0.2, 0.25) is 0 Å². The first-order valence-corrected chi connectivity index (χ1v) is 9.82. The molecule has 3 aromatic rings. The predicted molar refractivity (Wildman–Crippen MR) is 98.7 cm³/mol. The van der Waals surface area contributed by atoms with E-state index in [-0.39, 0.29) is 17.9 Å². The minimum absolute atomic E-state index is 0.000359. The molecule has 7 heteroatoms. The van der Waals surface area contributed by atoms with Crippen molar-refractivity contribution in [1.82, 2.24) is 9.55 Å². The van der Waals surface area contributed by atoms with Gasteiger partial charge in [0.15, 0.2) is 5.78 Å². The smallest absolute Gasteiger partial charge is 0.262 e. The van der Waals surface area contributed by atoms with Crippen molar-refractivity contribution < 1.29 is 4.79 Å². The van der Waals surface area contributed by atoms with Crippen LogP contribution in [0, 0.1) is 5.92 Å². The fourth-order valence-electron chi connectivity index (χ4n) is 3.18. The van der Waals surface area contributed by atoms with Crippen molar-refractivity contribution >= 4 is 50.3 Å². The number of Topliss-reactive ketones (excluding diaryl/α,β-unsaturated/α-hetero) is 1. The maximum atomic E-state index is 12.9. The van der Waals surface area contributed by atoms with E-state index in [0.717, 1.165) is 29.7 Å². The number of rotatable bonds is 3. The van der Waals surface area contributed by atoms with E-state index in [0.29, 0.717) is 20.5 Å². The summed E-state index contributed by atoms with van der Waals surface area (Å²) in [5, 5.41) is 0.710. The monoisotopic (exact) mass is 378 g/mol. The molecular weight excluding hydrogens is 364 g/mol. The van der Waals surface area contributed by atoms with E-state index in [1.165, 1.54) is 27.1 Å². The largest absolute Gasteiger partial charge is 0.291 e. The van der Waals surface area contributed by atoms with Crippen molar-refractivity contribution in [2.75, 3.05) is 0 Å². The molecule has 3 heterocycles. The molecule has 0 spiro atoms. The number of thiophene rings is 2. The summed E-state index contributed by atoms with van der Waals surface area (Å²) in [6.07, 6.45) is 4.53. The number of nitrogens with zero attached hydrogens (tertiary/aromatic N) is 2. The zero-order chi connectivity index (χ0) is 16.8. The molecule has 0 aliphatic heterocycles. The number of ketones is 1. The van der Waals surface area contributed by atoms with Gasteiger partial charge >= 0.3 is 0 Å². The molecule has 4 rings (SSSR count). The van der Waals surface area contributed by atoms with Gasteiger partial charge in [0.05, 0.1) is 27.5 Å². The lowest BCUT2D eigenvalue weighted by Gasteiger charge is -2.17. The van der Waals surface area contributed by atoms with Crippen LogP contribution in [0.2, 0.25) is 4.34 Å². The van der Waals surface area contributed by atoms with Gasteiger partial charge in [-0.25, -0.2) is 4.98 Å². The highest BCUT2D eigenvalue weighted by Crippen LogP contribution is 2.35. The van der Waals surface area contributed by atoms with Crippen molar-refractivity contribution in [1.29, 1.82) is 0 Å². The van der Waals surface area contributed by atoms with Crippen LogP contribution in [0.25, 0.3) is 10.2 Å². The summed E-state index contributed by atoms with van der Waals surface area (Å²) < 4.78 is 1.99. The van der Waals surface area contributed by atoms with Gasteiger partial charge in [-0.05, 0) is 42.9 Å². The number of hydrogen-bond donors (Lipinski definition) is 0. The summed E-state index contributed by atoms with van der Waals surface area (Å²) in [7, 11) is 0. The van der Waals surface area contributed by atoms with Crippen LogP contribution >= 0.6 is 34.3 Å². The third-order valence-corrected chi connectivity index (χ3v) is 6.88. The SMILES string of the molecule is C[C@H]1CCc2c(sc3ncn(CC(=O)c4ccc(Cl)s4)c(=O)c23)C1. The summed E-state index contributed by atoms with van der Waals surface area (Å²) in [5.74, 6) is 0.533. The van der Waals surface area contributed by atoms with E-state index in [4.69, 9.17) is 11.6 Å². The average molecular weight is 379 g/mol. The number of halogens is 1. The van der Waals surface area contributed by atoms with Gasteiger partial charge in [0.1, 0.15) is 4.83 Å². The number of hydrogen-bond acceptors (Lipinski definition) is 5. The van der Waals surface area contributed by atoms with E-state index in [9.17, 15) is 9.59 Å². The Balaban J connectivity index is 1.73. The molecule has 0 bridgehead atoms. The predicted octanol–water partition coefficient (Wildman–Crippen LogP) is 4.18. The van der Waals surface area contributed by atoms with Crippen LogP contribution in [0.1, 0.15) is 33.5 Å². The van der Waals surface area contributed by atoms with Crippen molar-refractivity contribution in [3.63, 3.8) is 0 Å². The van der Waals surface area contributed by atoms with Gasteiger partial charge < -0.3 is 0 Å². The topological polar surface area (TPSA) is 52.0 Å². The lowest BCUT2D eigenvalue weighted by atomic mass is 9.89. The molecule has 24 heavy (non-hydrogen) atoms. The lowest BCUT2D eigenvalue weighted by Crippen LogP contribution is -2.25. The zero-order valence-electron chi connectivity index (χ0n) is 13.0. The number of fused-ring (bicyclic) bond motifs is 3. The first-order valence-electron chi connectivity index (χ1n) is 7.81. The Morgan fingerprint density at radius 3 is 3.00 bits per heavy atom. The first-order chi connectivity index (χ1) is 11.5. The summed E-state index contributed by atoms with van der Waals surface area (Å²) >= 11 is 8.73. The average Bonchev–Trinajstić information content (AvgIpc) is 3.13. The van der Waals surface area contributed by atoms with Crippen molar-refractivity contribution in [2.24, 2.45) is 5.92 Å². The molecule has 0 aromatic carbocycles. The third kappa shape index (κ3) is 2.72. The maximum absolute atomic E-state index is 12.9. The first kappa shape index (κ1) is 16.0. The van der Waals surface area contributed by atoms with E-state index in [1.807, 2.05) is 0 Å². The Kier molecular flexibility index (Phi) is 4.06. The van der Waals surface area contributed by atoms with E-state index >= 15 is 0 Å². The van der Waals surface area contributed by atoms with Crippen molar-refractivity contribution in [3.05, 3.63) is 48.5 Å². The quantitative estimate of drug-likeness (QED) is 0.642. The summed E-state index contributed by atoms with van der Waals surface area (Å²) in [6.45, 7) is 2.24. The maximum Gasteiger partial charge on any atom is 0.262 e. The normalized spacial score (nSPS) is 17.2. The third-order valence-electron chi connectivity index (χ3n) is 4.44. The number of aromatic nitrogens is 2. The Morgan fingerprint density at radius 1 is 1.42 bits per heavy atom. The molecule has 3 aromatic heterocycles. The van der Waals surface area contributed by atoms with Gasteiger partial charge in [-0.15, -0.1) is 22.7 Å². The minimum Gasteiger partial charge on any atom is -0.291 e. The molecule has 1 aliphatic carbocycles. The minimum atomic E-state index is -0.118. The highest BCUT2D eigenvalue weighted by molar-refractivity contribution is 7.19. The Morgan fingerprint density at radius 2 is 2.25 bits per heavy atom. The fraction of sp³-hybridized carbons (Fsp3) is 0.353. The van der Waals surface area contributed by atoms with Crippen LogP contribution in [0.15, 0.2) is 23.3 Å². The second-order valence-corrected chi connectivity index (χ2v) is 9.04. The lowest BCUT2D eigenvalue weighted by molar-refractivity contribution is 0.0974. The molecule has 0 radical (unpaired) electrons. The second kappa shape index (κ2) is 6.10. The van der Waals surface area contributed by atoms with Crippen molar-refractivity contribution in [2.45, 2.75) is 32.7 Å². The van der Waals surface area contributed by atoms with Gasteiger partial charge in [-0.2, -0.15) is 0 Å². The zero-order valence-corrected chi connectivity index (χ0v) is 15.4. The molecule has 0 saturated carbocycles. The van der Waals surface area contributed by atoms with Crippen LogP contribution in [-0.2, 0) is 19.4 Å². The molecule has 0 fully saturated rings. The van der Waals surface area contributed by atoms with Gasteiger partial charge in [0.25, 0.3) is 5.56 Å². The highest BCUT2D eigenvalue weighted by Gasteiger charge is 2.23. The van der Waals surface area contributed by atoms with Crippen LogP contribution < -0.4 is 5.56 Å². The summed E-state index contributed by atoms with van der Waals surface area (Å²) in [5.41, 5.74) is 1.04. The molecule has 1 atom stereocenters. The Labute approximate surface area is 151 Å². The molecule has 0 unspecified atom stereocenters. The van der Waals surface area contributed by atoms with Gasteiger partial charge in [-0.3, -0.25) is 14.2 Å². The summed E-state index contributed by atoms with van der Waals surface area (Å²) in [6, 6.07) is 3.39. The number of aryl methyl sites for hydroxylation is 1. The summed E-state index contributed by atoms with van der Waals surface area (Å²) in [4.78, 5) is 32.3. The Bertz CT molecular complexity index is 1000. The molecule has 0 amide bonds. The van der Waals surface area contributed by atoms with Crippen LogP contribution in [0.3, 0.4) is 0 Å². The molecule has 4 nitrogen and oxygen atoms in total. The molecule has 1 aliphatic rings. The molecule has 0 saturated heterocycles. The van der Waals surface area contributed by atoms with E-state index in [2.05, 4.69) is 11.9 Å². The van der Waals surface area contributed by atoms with Crippen LogP contribution in [-0.4, -0.2) is 15.3 Å². The van der Waals surface area contributed by atoms with Crippen LogP contribution in [0.4, 0.5) is 0 Å². The second-order valence-electron chi connectivity index (χ2n) is 6.24. The van der Waals surface area contributed by atoms with Gasteiger partial charge in [0, 0.05) is 4.88 Å². The number of carbonyl (C=O) groups is 1.